The van der Waals surface area contributed by atoms with Gasteiger partial charge < -0.3 is 10.2 Å². The highest BCUT2D eigenvalue weighted by Gasteiger charge is 2.41. The fourth-order valence-electron chi connectivity index (χ4n) is 4.62. The highest BCUT2D eigenvalue weighted by atomic mass is 19.1. The molecule has 0 aromatic heterocycles. The largest absolute Gasteiger partial charge is 0.353 e. The summed E-state index contributed by atoms with van der Waals surface area (Å²) in [6.07, 6.45) is 4.69. The van der Waals surface area contributed by atoms with Gasteiger partial charge in [-0.05, 0) is 40.1 Å². The summed E-state index contributed by atoms with van der Waals surface area (Å²) < 4.78 is 14.3. The Morgan fingerprint density at radius 2 is 1.81 bits per heavy atom. The van der Waals surface area contributed by atoms with Crippen molar-refractivity contribution in [2.24, 2.45) is 0 Å². The van der Waals surface area contributed by atoms with Gasteiger partial charge in [0.1, 0.15) is 11.9 Å². The van der Waals surface area contributed by atoms with Crippen molar-refractivity contribution in [1.82, 2.24) is 20.0 Å². The number of amides is 1. The van der Waals surface area contributed by atoms with Crippen LogP contribution < -0.4 is 5.32 Å². The lowest BCUT2D eigenvalue weighted by molar-refractivity contribution is -0.126. The molecule has 0 spiro atoms. The molecule has 2 aliphatic rings. The van der Waals surface area contributed by atoms with Crippen LogP contribution in [0.2, 0.25) is 0 Å². The van der Waals surface area contributed by atoms with Crippen LogP contribution in [0.1, 0.15) is 37.3 Å². The molecule has 1 N–H and O–H groups in total. The van der Waals surface area contributed by atoms with Gasteiger partial charge in [-0.2, -0.15) is 0 Å². The van der Waals surface area contributed by atoms with E-state index in [9.17, 15) is 9.18 Å². The molecule has 1 saturated carbocycles. The molecule has 2 fully saturated rings. The van der Waals surface area contributed by atoms with Crippen molar-refractivity contribution in [2.45, 2.75) is 37.3 Å². The number of carbonyl (C=O) groups is 1. The molecule has 1 saturated heterocycles. The fourth-order valence-corrected chi connectivity index (χ4v) is 4.62. The molecule has 1 atom stereocenters. The maximum Gasteiger partial charge on any atom is 0.242 e. The van der Waals surface area contributed by atoms with Crippen molar-refractivity contribution >= 4 is 5.91 Å². The van der Waals surface area contributed by atoms with E-state index >= 15 is 0 Å². The molecule has 1 aromatic rings. The van der Waals surface area contributed by atoms with Gasteiger partial charge in [0.25, 0.3) is 0 Å². The van der Waals surface area contributed by atoms with Crippen molar-refractivity contribution in [3.05, 3.63) is 35.6 Å². The molecule has 0 radical (unpaired) electrons. The Balaban J connectivity index is 1.70. The summed E-state index contributed by atoms with van der Waals surface area (Å²) in [6.45, 7) is 4.90. The molecule has 1 amide bonds. The maximum absolute atomic E-state index is 14.3. The third kappa shape index (κ3) is 4.50. The van der Waals surface area contributed by atoms with Gasteiger partial charge in [0.05, 0.1) is 0 Å². The number of benzene rings is 1. The van der Waals surface area contributed by atoms with Gasteiger partial charge in [0.2, 0.25) is 5.91 Å². The second-order valence-corrected chi connectivity index (χ2v) is 8.33. The van der Waals surface area contributed by atoms with E-state index in [0.717, 1.165) is 39.0 Å². The summed E-state index contributed by atoms with van der Waals surface area (Å²) in [4.78, 5) is 19.7. The molecular weight excluding hydrogens is 343 g/mol. The van der Waals surface area contributed by atoms with Gasteiger partial charge in [-0.25, -0.2) is 4.39 Å². The minimum atomic E-state index is -0.614. The maximum atomic E-state index is 14.3. The van der Waals surface area contributed by atoms with E-state index in [4.69, 9.17) is 0 Å². The quantitative estimate of drug-likeness (QED) is 0.825. The molecule has 1 heterocycles. The lowest BCUT2D eigenvalue weighted by atomic mass is 9.93. The fraction of sp³-hybridized carbons (Fsp3) is 0.667. The molecule has 1 unspecified atom stereocenters. The van der Waals surface area contributed by atoms with E-state index in [2.05, 4.69) is 22.2 Å². The first-order valence-corrected chi connectivity index (χ1v) is 10.1. The van der Waals surface area contributed by atoms with Gasteiger partial charge in [-0.3, -0.25) is 14.6 Å². The van der Waals surface area contributed by atoms with Gasteiger partial charge >= 0.3 is 0 Å². The SMILES string of the molecule is CN1CCN(C2(CNC(=O)C(c3ccccc3F)N(C)C)CCCC2)CC1. The summed E-state index contributed by atoms with van der Waals surface area (Å²) in [6, 6.07) is 5.94. The molecule has 1 aliphatic heterocycles. The topological polar surface area (TPSA) is 38.8 Å². The van der Waals surface area contributed by atoms with Gasteiger partial charge in [-0.1, -0.05) is 31.0 Å². The second-order valence-electron chi connectivity index (χ2n) is 8.33. The minimum Gasteiger partial charge on any atom is -0.353 e. The number of likely N-dealkylation sites (N-methyl/N-ethyl adjacent to an activating group) is 2. The van der Waals surface area contributed by atoms with Crippen LogP contribution in [-0.4, -0.2) is 80.0 Å². The van der Waals surface area contributed by atoms with E-state index < -0.39 is 6.04 Å². The van der Waals surface area contributed by atoms with Crippen LogP contribution in [0.4, 0.5) is 4.39 Å². The van der Waals surface area contributed by atoms with Crippen molar-refractivity contribution in [1.29, 1.82) is 0 Å². The smallest absolute Gasteiger partial charge is 0.242 e. The monoisotopic (exact) mass is 376 g/mol. The van der Waals surface area contributed by atoms with E-state index in [0.29, 0.717) is 12.1 Å². The standard InChI is InChI=1S/C21H33FN4O/c1-24(2)19(17-8-4-5-9-18(17)22)20(27)23-16-21(10-6-7-11-21)26-14-12-25(3)13-15-26/h4-5,8-9,19H,6-7,10-16H2,1-3H3,(H,23,27). The zero-order valence-electron chi connectivity index (χ0n) is 16.9. The number of halogens is 1. The number of hydrogen-bond acceptors (Lipinski definition) is 4. The highest BCUT2D eigenvalue weighted by Crippen LogP contribution is 2.35. The lowest BCUT2D eigenvalue weighted by Gasteiger charge is -2.45. The molecule has 150 valence electrons. The Morgan fingerprint density at radius 3 is 2.41 bits per heavy atom. The average Bonchev–Trinajstić information content (AvgIpc) is 3.12. The Labute approximate surface area is 162 Å². The minimum absolute atomic E-state index is 0.0585. The second kappa shape index (κ2) is 8.67. The van der Waals surface area contributed by atoms with Crippen LogP contribution in [0.25, 0.3) is 0 Å². The zero-order valence-corrected chi connectivity index (χ0v) is 16.9. The Hall–Kier alpha value is -1.50. The van der Waals surface area contributed by atoms with Crippen molar-refractivity contribution in [3.8, 4) is 0 Å². The van der Waals surface area contributed by atoms with Crippen LogP contribution in [0.15, 0.2) is 24.3 Å². The highest BCUT2D eigenvalue weighted by molar-refractivity contribution is 5.83. The van der Waals surface area contributed by atoms with Gasteiger partial charge in [0, 0.05) is 43.8 Å². The van der Waals surface area contributed by atoms with Crippen LogP contribution in [0.3, 0.4) is 0 Å². The van der Waals surface area contributed by atoms with Crippen molar-refractivity contribution in [2.75, 3.05) is 53.9 Å². The number of nitrogens with zero attached hydrogens (tertiary/aromatic N) is 3. The Morgan fingerprint density at radius 1 is 1.19 bits per heavy atom. The van der Waals surface area contributed by atoms with Gasteiger partial charge in [-0.15, -0.1) is 0 Å². The normalized spacial score (nSPS) is 22.1. The Bertz CT molecular complexity index is 637. The van der Waals surface area contributed by atoms with E-state index in [-0.39, 0.29) is 17.3 Å². The third-order valence-corrected chi connectivity index (χ3v) is 6.26. The number of hydrogen-bond donors (Lipinski definition) is 1. The van der Waals surface area contributed by atoms with E-state index in [1.165, 1.54) is 18.9 Å². The molecule has 0 bridgehead atoms. The Kier molecular flexibility index (Phi) is 6.50. The number of carbonyl (C=O) groups excluding carboxylic acids is 1. The number of piperazine rings is 1. The molecule has 3 rings (SSSR count). The summed E-state index contributed by atoms with van der Waals surface area (Å²) in [7, 11) is 5.81. The van der Waals surface area contributed by atoms with Crippen LogP contribution in [-0.2, 0) is 4.79 Å². The molecule has 1 aromatic carbocycles. The predicted octanol–water partition coefficient (Wildman–Crippen LogP) is 2.10. The first-order chi connectivity index (χ1) is 12.9. The predicted molar refractivity (Wildman–Crippen MR) is 106 cm³/mol. The van der Waals surface area contributed by atoms with Crippen LogP contribution >= 0.6 is 0 Å². The lowest BCUT2D eigenvalue weighted by Crippen LogP contribution is -2.60. The van der Waals surface area contributed by atoms with Crippen LogP contribution in [0.5, 0.6) is 0 Å². The van der Waals surface area contributed by atoms with Gasteiger partial charge in [0.15, 0.2) is 0 Å². The summed E-state index contributed by atoms with van der Waals surface area (Å²) >= 11 is 0. The van der Waals surface area contributed by atoms with Crippen molar-refractivity contribution < 1.29 is 9.18 Å². The molecular formula is C21H33FN4O. The van der Waals surface area contributed by atoms with Crippen molar-refractivity contribution in [3.63, 3.8) is 0 Å². The summed E-state index contributed by atoms with van der Waals surface area (Å²) in [5.41, 5.74) is 0.489. The third-order valence-electron chi connectivity index (χ3n) is 6.26. The molecule has 27 heavy (non-hydrogen) atoms. The average molecular weight is 377 g/mol. The molecule has 5 nitrogen and oxygen atoms in total. The number of nitrogens with one attached hydrogen (secondary N) is 1. The van der Waals surface area contributed by atoms with E-state index in [1.807, 2.05) is 14.1 Å². The van der Waals surface area contributed by atoms with E-state index in [1.54, 1.807) is 23.1 Å². The van der Waals surface area contributed by atoms with Crippen LogP contribution in [0, 0.1) is 5.82 Å². The summed E-state index contributed by atoms with van der Waals surface area (Å²) in [5.74, 6) is -0.452. The number of rotatable bonds is 6. The zero-order chi connectivity index (χ0) is 19.4. The first-order valence-electron chi connectivity index (χ1n) is 10.1. The summed E-state index contributed by atoms with van der Waals surface area (Å²) in [5, 5.41) is 3.18. The first kappa shape index (κ1) is 20.2. The molecule has 1 aliphatic carbocycles. The molecule has 6 heteroatoms.